The largest absolute Gasteiger partial charge is 0.486 e. The van der Waals surface area contributed by atoms with Crippen molar-refractivity contribution in [2.75, 3.05) is 26.7 Å². The van der Waals surface area contributed by atoms with Crippen LogP contribution in [0.3, 0.4) is 0 Å². The van der Waals surface area contributed by atoms with Crippen molar-refractivity contribution in [1.29, 1.82) is 0 Å². The van der Waals surface area contributed by atoms with E-state index in [1.807, 2.05) is 48.5 Å². The Morgan fingerprint density at radius 1 is 1.16 bits per heavy atom. The van der Waals surface area contributed by atoms with E-state index in [-0.39, 0.29) is 31.0 Å². The summed E-state index contributed by atoms with van der Waals surface area (Å²) in [5.74, 6) is 0.606. The van der Waals surface area contributed by atoms with Gasteiger partial charge < -0.3 is 19.7 Å². The number of carbonyl (C=O) groups excluding carboxylic acids is 3. The fourth-order valence-corrected chi connectivity index (χ4v) is 4.55. The SMILES string of the molecule is CN(C[C@H]1COc2ccccc2O1)C(=O)CN1C(=O)N[C@@]2(CCc3ccccc32)C1=O. The van der Waals surface area contributed by atoms with Crippen molar-refractivity contribution >= 4 is 17.8 Å². The van der Waals surface area contributed by atoms with Crippen LogP contribution in [0.2, 0.25) is 0 Å². The van der Waals surface area contributed by atoms with Gasteiger partial charge in [0.2, 0.25) is 5.91 Å². The lowest BCUT2D eigenvalue weighted by Crippen LogP contribution is -2.47. The third kappa shape index (κ3) is 3.19. The molecule has 31 heavy (non-hydrogen) atoms. The number of amides is 4. The molecule has 0 saturated carbocycles. The lowest BCUT2D eigenvalue weighted by atomic mass is 9.92. The first-order valence-corrected chi connectivity index (χ1v) is 10.3. The van der Waals surface area contributed by atoms with Crippen LogP contribution in [-0.4, -0.2) is 60.5 Å². The zero-order valence-electron chi connectivity index (χ0n) is 17.2. The number of ether oxygens (including phenoxy) is 2. The first kappa shape index (κ1) is 19.4. The van der Waals surface area contributed by atoms with E-state index in [1.165, 1.54) is 4.90 Å². The van der Waals surface area contributed by atoms with Crippen molar-refractivity contribution in [3.8, 4) is 11.5 Å². The van der Waals surface area contributed by atoms with Crippen LogP contribution in [-0.2, 0) is 21.5 Å². The summed E-state index contributed by atoms with van der Waals surface area (Å²) in [6.07, 6.45) is 0.883. The van der Waals surface area contributed by atoms with Gasteiger partial charge in [-0.25, -0.2) is 4.79 Å². The minimum atomic E-state index is -1.06. The molecule has 160 valence electrons. The van der Waals surface area contributed by atoms with E-state index >= 15 is 0 Å². The summed E-state index contributed by atoms with van der Waals surface area (Å²) in [5.41, 5.74) is 0.815. The van der Waals surface area contributed by atoms with E-state index in [1.54, 1.807) is 7.05 Å². The van der Waals surface area contributed by atoms with Crippen molar-refractivity contribution in [2.45, 2.75) is 24.5 Å². The van der Waals surface area contributed by atoms with Gasteiger partial charge in [-0.1, -0.05) is 36.4 Å². The van der Waals surface area contributed by atoms with Gasteiger partial charge in [0.1, 0.15) is 18.7 Å². The van der Waals surface area contributed by atoms with Gasteiger partial charge in [-0.05, 0) is 36.1 Å². The molecular weight excluding hydrogens is 398 g/mol. The summed E-state index contributed by atoms with van der Waals surface area (Å²) < 4.78 is 11.6. The topological polar surface area (TPSA) is 88.2 Å². The Morgan fingerprint density at radius 3 is 2.74 bits per heavy atom. The summed E-state index contributed by atoms with van der Waals surface area (Å²) >= 11 is 0. The molecule has 1 N–H and O–H groups in total. The summed E-state index contributed by atoms with van der Waals surface area (Å²) in [6.45, 7) is 0.289. The number of para-hydroxylation sites is 2. The molecule has 8 heteroatoms. The van der Waals surface area contributed by atoms with Crippen molar-refractivity contribution in [3.05, 3.63) is 59.7 Å². The van der Waals surface area contributed by atoms with Crippen molar-refractivity contribution < 1.29 is 23.9 Å². The highest BCUT2D eigenvalue weighted by Gasteiger charge is 2.55. The van der Waals surface area contributed by atoms with E-state index in [9.17, 15) is 14.4 Å². The number of aryl methyl sites for hydroxylation is 1. The summed E-state index contributed by atoms with van der Waals surface area (Å²) in [5, 5.41) is 2.84. The molecule has 1 fully saturated rings. The van der Waals surface area contributed by atoms with E-state index in [0.717, 1.165) is 16.0 Å². The number of fused-ring (bicyclic) bond motifs is 3. The number of nitrogens with zero attached hydrogens (tertiary/aromatic N) is 2. The van der Waals surface area contributed by atoms with Crippen molar-refractivity contribution in [3.63, 3.8) is 0 Å². The predicted octanol–water partition coefficient (Wildman–Crippen LogP) is 1.68. The molecule has 0 aromatic heterocycles. The van der Waals surface area contributed by atoms with Gasteiger partial charge in [-0.15, -0.1) is 0 Å². The zero-order chi connectivity index (χ0) is 21.6. The number of benzene rings is 2. The van der Waals surface area contributed by atoms with E-state index in [2.05, 4.69) is 5.32 Å². The molecule has 1 saturated heterocycles. The third-order valence-corrected chi connectivity index (χ3v) is 6.19. The van der Waals surface area contributed by atoms with Gasteiger partial charge in [0.15, 0.2) is 17.6 Å². The third-order valence-electron chi connectivity index (χ3n) is 6.19. The molecule has 0 bridgehead atoms. The second kappa shape index (κ2) is 7.30. The monoisotopic (exact) mass is 421 g/mol. The number of likely N-dealkylation sites (N-methyl/N-ethyl adjacent to an activating group) is 1. The molecular formula is C23H23N3O5. The Bertz CT molecular complexity index is 1070. The normalized spacial score (nSPS) is 23.6. The van der Waals surface area contributed by atoms with Crippen LogP contribution in [0.25, 0.3) is 0 Å². The molecule has 1 spiro atoms. The summed E-state index contributed by atoms with van der Waals surface area (Å²) in [7, 11) is 1.63. The zero-order valence-corrected chi connectivity index (χ0v) is 17.2. The van der Waals surface area contributed by atoms with Gasteiger partial charge in [0.25, 0.3) is 5.91 Å². The average molecular weight is 421 g/mol. The van der Waals surface area contributed by atoms with Gasteiger partial charge in [0, 0.05) is 7.05 Å². The molecule has 3 aliphatic rings. The standard InChI is InChI=1S/C23H23N3O5/c1-25(12-16-14-30-18-8-4-5-9-19(18)31-16)20(27)13-26-21(28)23(24-22(26)29)11-10-15-6-2-3-7-17(15)23/h2-9,16H,10-14H2,1H3,(H,24,29)/t16-,23+/m0/s1. The Morgan fingerprint density at radius 2 is 1.90 bits per heavy atom. The Kier molecular flexibility index (Phi) is 4.57. The Labute approximate surface area is 179 Å². The van der Waals surface area contributed by atoms with Crippen molar-refractivity contribution in [2.24, 2.45) is 0 Å². The molecule has 0 unspecified atom stereocenters. The number of nitrogens with one attached hydrogen (secondary N) is 1. The highest BCUT2D eigenvalue weighted by Crippen LogP contribution is 2.41. The van der Waals surface area contributed by atoms with Crippen LogP contribution in [0.15, 0.2) is 48.5 Å². The maximum Gasteiger partial charge on any atom is 0.325 e. The summed E-state index contributed by atoms with van der Waals surface area (Å²) in [4.78, 5) is 41.1. The smallest absolute Gasteiger partial charge is 0.325 e. The number of hydrogen-bond donors (Lipinski definition) is 1. The Balaban J connectivity index is 1.25. The second-order valence-electron chi connectivity index (χ2n) is 8.16. The van der Waals surface area contributed by atoms with Crippen LogP contribution < -0.4 is 14.8 Å². The fraction of sp³-hybridized carbons (Fsp3) is 0.348. The molecule has 2 aromatic carbocycles. The number of imide groups is 1. The van der Waals surface area contributed by atoms with E-state index < -0.39 is 11.6 Å². The number of rotatable bonds is 4. The molecule has 1 aliphatic carbocycles. The summed E-state index contributed by atoms with van der Waals surface area (Å²) in [6, 6.07) is 14.5. The molecule has 2 aliphatic heterocycles. The lowest BCUT2D eigenvalue weighted by molar-refractivity contribution is -0.139. The Hall–Kier alpha value is -3.55. The maximum absolute atomic E-state index is 13.2. The van der Waals surface area contributed by atoms with E-state index in [0.29, 0.717) is 30.9 Å². The van der Waals surface area contributed by atoms with Crippen LogP contribution in [0, 0.1) is 0 Å². The first-order chi connectivity index (χ1) is 15.0. The molecule has 2 atom stereocenters. The van der Waals surface area contributed by atoms with Gasteiger partial charge in [-0.3, -0.25) is 14.5 Å². The number of carbonyl (C=O) groups is 3. The molecule has 2 heterocycles. The van der Waals surface area contributed by atoms with Crippen molar-refractivity contribution in [1.82, 2.24) is 15.1 Å². The predicted molar refractivity (Wildman–Crippen MR) is 111 cm³/mol. The quantitative estimate of drug-likeness (QED) is 0.759. The van der Waals surface area contributed by atoms with Gasteiger partial charge in [-0.2, -0.15) is 0 Å². The molecule has 8 nitrogen and oxygen atoms in total. The molecule has 4 amide bonds. The molecule has 0 radical (unpaired) electrons. The van der Waals surface area contributed by atoms with Gasteiger partial charge in [0.05, 0.1) is 6.54 Å². The number of hydrogen-bond acceptors (Lipinski definition) is 5. The van der Waals surface area contributed by atoms with Gasteiger partial charge >= 0.3 is 6.03 Å². The lowest BCUT2D eigenvalue weighted by Gasteiger charge is -2.30. The average Bonchev–Trinajstić information content (AvgIpc) is 3.26. The minimum absolute atomic E-state index is 0.283. The highest BCUT2D eigenvalue weighted by atomic mass is 16.6. The van der Waals surface area contributed by atoms with Crippen LogP contribution >= 0.6 is 0 Å². The highest BCUT2D eigenvalue weighted by molar-refractivity contribution is 6.09. The van der Waals surface area contributed by atoms with Crippen LogP contribution in [0.5, 0.6) is 11.5 Å². The second-order valence-corrected chi connectivity index (χ2v) is 8.16. The first-order valence-electron chi connectivity index (χ1n) is 10.3. The minimum Gasteiger partial charge on any atom is -0.486 e. The van der Waals surface area contributed by atoms with E-state index in [4.69, 9.17) is 9.47 Å². The number of urea groups is 1. The molecule has 2 aromatic rings. The fourth-order valence-electron chi connectivity index (χ4n) is 4.55. The van der Waals surface area contributed by atoms with Crippen LogP contribution in [0.4, 0.5) is 4.79 Å². The molecule has 5 rings (SSSR count). The van der Waals surface area contributed by atoms with Crippen LogP contribution in [0.1, 0.15) is 17.5 Å². The maximum atomic E-state index is 13.2.